The summed E-state index contributed by atoms with van der Waals surface area (Å²) in [6, 6.07) is 12.5. The number of nitrogens with one attached hydrogen (secondary N) is 1. The van der Waals surface area contributed by atoms with E-state index in [9.17, 15) is 9.59 Å². The van der Waals surface area contributed by atoms with Crippen LogP contribution in [0.15, 0.2) is 53.4 Å². The lowest BCUT2D eigenvalue weighted by Gasteiger charge is -2.17. The molecule has 1 aromatic heterocycles. The van der Waals surface area contributed by atoms with E-state index in [2.05, 4.69) is 10.3 Å². The van der Waals surface area contributed by atoms with Crippen LogP contribution in [0.2, 0.25) is 5.02 Å². The van der Waals surface area contributed by atoms with Crippen LogP contribution >= 0.6 is 22.9 Å². The second kappa shape index (κ2) is 8.69. The van der Waals surface area contributed by atoms with Crippen molar-refractivity contribution in [3.63, 3.8) is 0 Å². The molecular formula is C22H17ClN2O4S. The molecule has 8 heteroatoms. The van der Waals surface area contributed by atoms with E-state index in [1.165, 1.54) is 0 Å². The van der Waals surface area contributed by atoms with E-state index in [-0.39, 0.29) is 6.61 Å². The molecule has 1 N–H and O–H groups in total. The Bertz CT molecular complexity index is 1160. The van der Waals surface area contributed by atoms with Gasteiger partial charge >= 0.3 is 5.97 Å². The van der Waals surface area contributed by atoms with Crippen molar-refractivity contribution >= 4 is 46.6 Å². The molecule has 0 radical (unpaired) electrons. The van der Waals surface area contributed by atoms with Gasteiger partial charge in [0, 0.05) is 27.2 Å². The standard InChI is InChI=1S/C22H17ClN2O4S/c1-13-24-19(12-30-13)14-3-2-4-18(9-14)25-21(26)11-29-22(27)16-7-15-8-17(23)5-6-20(15)28-10-16/h2-9,12H,10-11H2,1H3,(H,25,26). The van der Waals surface area contributed by atoms with Crippen LogP contribution in [0.5, 0.6) is 5.75 Å². The van der Waals surface area contributed by atoms with Crippen molar-refractivity contribution < 1.29 is 19.1 Å². The number of ether oxygens (including phenoxy) is 2. The van der Waals surface area contributed by atoms with Crippen LogP contribution in [0, 0.1) is 6.92 Å². The molecule has 2 heterocycles. The minimum absolute atomic E-state index is 0.0736. The Hall–Kier alpha value is -3.16. The van der Waals surface area contributed by atoms with Gasteiger partial charge in [-0.1, -0.05) is 23.7 Å². The second-order valence-electron chi connectivity index (χ2n) is 6.60. The van der Waals surface area contributed by atoms with Gasteiger partial charge in [0.15, 0.2) is 6.61 Å². The van der Waals surface area contributed by atoms with Gasteiger partial charge in [0.2, 0.25) is 0 Å². The Labute approximate surface area is 182 Å². The minimum atomic E-state index is -0.609. The lowest BCUT2D eigenvalue weighted by atomic mass is 10.1. The molecule has 152 valence electrons. The number of aryl methyl sites for hydroxylation is 1. The fraction of sp³-hybridized carbons (Fsp3) is 0.136. The maximum absolute atomic E-state index is 12.3. The summed E-state index contributed by atoms with van der Waals surface area (Å²) in [6.45, 7) is 1.61. The molecule has 2 aromatic carbocycles. The first-order valence-electron chi connectivity index (χ1n) is 9.10. The van der Waals surface area contributed by atoms with E-state index in [4.69, 9.17) is 21.1 Å². The Morgan fingerprint density at radius 3 is 2.93 bits per heavy atom. The number of halogens is 1. The summed E-state index contributed by atoms with van der Waals surface area (Å²) in [5.74, 6) is -0.401. The van der Waals surface area contributed by atoms with Crippen LogP contribution in [0.3, 0.4) is 0 Å². The highest BCUT2D eigenvalue weighted by Gasteiger charge is 2.19. The molecule has 6 nitrogen and oxygen atoms in total. The third-order valence-corrected chi connectivity index (χ3v) is 5.35. The molecule has 0 bridgehead atoms. The second-order valence-corrected chi connectivity index (χ2v) is 8.10. The summed E-state index contributed by atoms with van der Waals surface area (Å²) in [5, 5.41) is 6.20. The van der Waals surface area contributed by atoms with Crippen molar-refractivity contribution in [3.05, 3.63) is 69.0 Å². The predicted octanol–water partition coefficient (Wildman–Crippen LogP) is 4.73. The van der Waals surface area contributed by atoms with Crippen molar-refractivity contribution in [3.8, 4) is 17.0 Å². The number of hydrogen-bond donors (Lipinski definition) is 1. The number of hydrogen-bond acceptors (Lipinski definition) is 6. The molecule has 30 heavy (non-hydrogen) atoms. The lowest BCUT2D eigenvalue weighted by molar-refractivity contribution is -0.143. The van der Waals surface area contributed by atoms with Gasteiger partial charge in [-0.15, -0.1) is 11.3 Å². The number of fused-ring (bicyclic) bond motifs is 1. The summed E-state index contributed by atoms with van der Waals surface area (Å²) in [6.07, 6.45) is 1.66. The first-order valence-corrected chi connectivity index (χ1v) is 10.4. The average Bonchev–Trinajstić information content (AvgIpc) is 3.18. The molecule has 1 aliphatic heterocycles. The van der Waals surface area contributed by atoms with E-state index < -0.39 is 18.5 Å². The maximum atomic E-state index is 12.3. The molecule has 0 fully saturated rings. The molecule has 0 unspecified atom stereocenters. The fourth-order valence-corrected chi connectivity index (χ4v) is 3.74. The molecule has 1 aliphatic rings. The van der Waals surface area contributed by atoms with Crippen LogP contribution in [-0.2, 0) is 14.3 Å². The largest absolute Gasteiger partial charge is 0.488 e. The number of rotatable bonds is 5. The topological polar surface area (TPSA) is 77.5 Å². The van der Waals surface area contributed by atoms with Gasteiger partial charge in [-0.3, -0.25) is 4.79 Å². The molecule has 3 aromatic rings. The van der Waals surface area contributed by atoms with Crippen molar-refractivity contribution in [1.82, 2.24) is 4.98 Å². The van der Waals surface area contributed by atoms with Crippen LogP contribution in [-0.4, -0.2) is 30.1 Å². The summed E-state index contributed by atoms with van der Waals surface area (Å²) < 4.78 is 10.7. The van der Waals surface area contributed by atoms with Crippen LogP contribution in [0.25, 0.3) is 17.3 Å². The number of thiazole rings is 1. The molecule has 0 saturated heterocycles. The summed E-state index contributed by atoms with van der Waals surface area (Å²) >= 11 is 7.54. The molecule has 1 amide bonds. The molecule has 0 aliphatic carbocycles. The van der Waals surface area contributed by atoms with Crippen LogP contribution < -0.4 is 10.1 Å². The van der Waals surface area contributed by atoms with Gasteiger partial charge < -0.3 is 14.8 Å². The smallest absolute Gasteiger partial charge is 0.338 e. The van der Waals surface area contributed by atoms with Crippen LogP contribution in [0.4, 0.5) is 5.69 Å². The van der Waals surface area contributed by atoms with E-state index >= 15 is 0 Å². The Morgan fingerprint density at radius 2 is 2.13 bits per heavy atom. The minimum Gasteiger partial charge on any atom is -0.488 e. The number of carbonyl (C=O) groups is 2. The molecule has 0 atom stereocenters. The third kappa shape index (κ3) is 4.69. The Balaban J connectivity index is 1.36. The monoisotopic (exact) mass is 440 g/mol. The van der Waals surface area contributed by atoms with E-state index in [1.807, 2.05) is 30.5 Å². The van der Waals surface area contributed by atoms with Crippen molar-refractivity contribution in [2.75, 3.05) is 18.5 Å². The molecular weight excluding hydrogens is 424 g/mol. The normalized spacial score (nSPS) is 12.4. The van der Waals surface area contributed by atoms with E-state index in [0.29, 0.717) is 27.6 Å². The molecule has 4 rings (SSSR count). The van der Waals surface area contributed by atoms with Gasteiger partial charge in [-0.05, 0) is 43.3 Å². The van der Waals surface area contributed by atoms with Gasteiger partial charge in [-0.2, -0.15) is 0 Å². The van der Waals surface area contributed by atoms with Crippen LogP contribution in [0.1, 0.15) is 10.6 Å². The summed E-state index contributed by atoms with van der Waals surface area (Å²) in [7, 11) is 0. The molecule has 0 spiro atoms. The Kier molecular flexibility index (Phi) is 5.83. The SMILES string of the molecule is Cc1nc(-c2cccc(NC(=O)COC(=O)C3=Cc4cc(Cl)ccc4OC3)c2)cs1. The highest BCUT2D eigenvalue weighted by atomic mass is 35.5. The first-order chi connectivity index (χ1) is 14.5. The summed E-state index contributed by atoms with van der Waals surface area (Å²) in [4.78, 5) is 29.0. The quantitative estimate of drug-likeness (QED) is 0.580. The van der Waals surface area contributed by atoms with E-state index in [0.717, 1.165) is 16.3 Å². The molecule has 0 saturated carbocycles. The predicted molar refractivity (Wildman–Crippen MR) is 117 cm³/mol. The van der Waals surface area contributed by atoms with Gasteiger partial charge in [0.25, 0.3) is 5.91 Å². The number of aromatic nitrogens is 1. The number of esters is 1. The van der Waals surface area contributed by atoms with Crippen molar-refractivity contribution in [2.45, 2.75) is 6.92 Å². The van der Waals surface area contributed by atoms with Gasteiger partial charge in [0.1, 0.15) is 12.4 Å². The van der Waals surface area contributed by atoms with Gasteiger partial charge in [-0.25, -0.2) is 9.78 Å². The van der Waals surface area contributed by atoms with Gasteiger partial charge in [0.05, 0.1) is 16.3 Å². The zero-order valence-electron chi connectivity index (χ0n) is 16.0. The highest BCUT2D eigenvalue weighted by molar-refractivity contribution is 7.09. The maximum Gasteiger partial charge on any atom is 0.338 e. The number of anilines is 1. The van der Waals surface area contributed by atoms with E-state index in [1.54, 1.807) is 41.7 Å². The van der Waals surface area contributed by atoms with Crippen molar-refractivity contribution in [2.24, 2.45) is 0 Å². The highest BCUT2D eigenvalue weighted by Crippen LogP contribution is 2.29. The number of carbonyl (C=O) groups excluding carboxylic acids is 2. The zero-order valence-corrected chi connectivity index (χ0v) is 17.5. The number of amides is 1. The lowest BCUT2D eigenvalue weighted by Crippen LogP contribution is -2.23. The average molecular weight is 441 g/mol. The zero-order chi connectivity index (χ0) is 21.1. The third-order valence-electron chi connectivity index (χ3n) is 4.34. The Morgan fingerprint density at radius 1 is 1.27 bits per heavy atom. The first kappa shape index (κ1) is 20.1. The van der Waals surface area contributed by atoms with Crippen molar-refractivity contribution in [1.29, 1.82) is 0 Å². The fourth-order valence-electron chi connectivity index (χ4n) is 2.94. The summed E-state index contributed by atoms with van der Waals surface area (Å²) in [5.41, 5.74) is 3.36. The number of benzene rings is 2. The number of nitrogens with zero attached hydrogens (tertiary/aromatic N) is 1.